The number of hydrogen-bond donors (Lipinski definition) is 0. The first-order valence-electron chi connectivity index (χ1n) is 7.32. The van der Waals surface area contributed by atoms with E-state index in [1.165, 1.54) is 0 Å². The molecule has 0 amide bonds. The van der Waals surface area contributed by atoms with Crippen molar-refractivity contribution < 1.29 is 23.5 Å². The van der Waals surface area contributed by atoms with Gasteiger partial charge in [-0.1, -0.05) is 38.8 Å². The average molecular weight is 309 g/mol. The maximum absolute atomic E-state index is 11.9. The second-order valence-electron chi connectivity index (χ2n) is 4.52. The lowest BCUT2D eigenvalue weighted by Crippen LogP contribution is -2.14. The quantitative estimate of drug-likeness (QED) is 0.536. The lowest BCUT2D eigenvalue weighted by Gasteiger charge is -2.09. The van der Waals surface area contributed by atoms with Gasteiger partial charge in [-0.3, -0.25) is 0 Å². The highest BCUT2D eigenvalue weighted by Crippen LogP contribution is 2.12. The Morgan fingerprint density at radius 2 is 1.27 bits per heavy atom. The number of ether oxygens (including phenoxy) is 2. The Morgan fingerprint density at radius 1 is 0.909 bits per heavy atom. The predicted octanol–water partition coefficient (Wildman–Crippen LogP) is 4.10. The molecular weight excluding hydrogens is 287 g/mol. The average Bonchev–Trinajstić information content (AvgIpc) is 2.57. The normalized spacial score (nSPS) is 9.45. The molecule has 0 saturated carbocycles. The van der Waals surface area contributed by atoms with Crippen molar-refractivity contribution in [3.8, 4) is 0 Å². The minimum atomic E-state index is -0.471. The summed E-state index contributed by atoms with van der Waals surface area (Å²) in [6, 6.07) is 6.59. The molecule has 22 heavy (non-hydrogen) atoms. The van der Waals surface area contributed by atoms with E-state index >= 15 is 0 Å². The lowest BCUT2D eigenvalue weighted by atomic mass is 10.1. The van der Waals surface area contributed by atoms with Gasteiger partial charge in [-0.2, -0.15) is 0 Å². The van der Waals surface area contributed by atoms with Crippen LogP contribution in [-0.4, -0.2) is 25.2 Å². The van der Waals surface area contributed by atoms with Gasteiger partial charge < -0.3 is 9.47 Å². The minimum Gasteiger partial charge on any atom is -0.462 e. The Kier molecular flexibility index (Phi) is 11.7. The molecule has 0 N–H and O–H groups in total. The molecule has 0 aliphatic rings. The van der Waals surface area contributed by atoms with E-state index in [1.807, 2.05) is 13.8 Å². The number of benzene rings is 1. The van der Waals surface area contributed by atoms with E-state index in [0.717, 1.165) is 25.7 Å². The summed E-state index contributed by atoms with van der Waals surface area (Å²) in [4.78, 5) is 23.9. The summed E-state index contributed by atoms with van der Waals surface area (Å²) in [5.74, 6) is -0.942. The highest BCUT2D eigenvalue weighted by molar-refractivity contribution is 6.03. The van der Waals surface area contributed by atoms with Gasteiger partial charge in [-0.05, 0) is 25.0 Å². The molecule has 3 radical (unpaired) electrons. The van der Waals surface area contributed by atoms with Crippen molar-refractivity contribution in [2.45, 2.75) is 39.5 Å². The molecule has 0 bridgehead atoms. The SMILES string of the molecule is CCCCOC(=O)c1ccccc1C(=O)OCCCC.[C]F. The number of hydrogen-bond acceptors (Lipinski definition) is 4. The molecule has 0 fully saturated rings. The molecule has 121 valence electrons. The van der Waals surface area contributed by atoms with Crippen LogP contribution in [0.1, 0.15) is 60.2 Å². The maximum atomic E-state index is 11.9. The van der Waals surface area contributed by atoms with Gasteiger partial charge in [0.15, 0.2) is 0 Å². The largest absolute Gasteiger partial charge is 0.462 e. The van der Waals surface area contributed by atoms with Crippen molar-refractivity contribution >= 4 is 11.9 Å². The van der Waals surface area contributed by atoms with Gasteiger partial charge in [0.1, 0.15) is 0 Å². The third kappa shape index (κ3) is 7.20. The van der Waals surface area contributed by atoms with Gasteiger partial charge in [0.25, 0.3) is 0 Å². The van der Waals surface area contributed by atoms with E-state index in [2.05, 4.69) is 7.18 Å². The standard InChI is InChI=1S/C16H22O4.CF/c1-3-5-11-19-15(17)13-9-7-8-10-14(13)16(18)20-12-6-4-2;1-2/h7-10H,3-6,11-12H2,1-2H3;. The van der Waals surface area contributed by atoms with Crippen LogP contribution in [0.5, 0.6) is 0 Å². The zero-order valence-corrected chi connectivity index (χ0v) is 13.1. The highest BCUT2D eigenvalue weighted by Gasteiger charge is 2.18. The van der Waals surface area contributed by atoms with Crippen LogP contribution in [0, 0.1) is 7.18 Å². The van der Waals surface area contributed by atoms with Crippen molar-refractivity contribution in [1.29, 1.82) is 0 Å². The third-order valence-electron chi connectivity index (χ3n) is 2.83. The van der Waals surface area contributed by atoms with Crippen molar-refractivity contribution in [3.63, 3.8) is 0 Å². The monoisotopic (exact) mass is 309 g/mol. The minimum absolute atomic E-state index is 0.269. The second kappa shape index (κ2) is 12.8. The first-order chi connectivity index (χ1) is 10.7. The topological polar surface area (TPSA) is 52.6 Å². The summed E-state index contributed by atoms with van der Waals surface area (Å²) in [5, 5.41) is 0. The van der Waals surface area contributed by atoms with Crippen LogP contribution < -0.4 is 0 Å². The summed E-state index contributed by atoms with van der Waals surface area (Å²) >= 11 is 0. The number of carbonyl (C=O) groups excluding carboxylic acids is 2. The van der Waals surface area contributed by atoms with Crippen LogP contribution in [0.15, 0.2) is 24.3 Å². The van der Waals surface area contributed by atoms with E-state index in [1.54, 1.807) is 24.3 Å². The van der Waals surface area contributed by atoms with Gasteiger partial charge in [0.05, 0.1) is 24.3 Å². The molecule has 0 aromatic heterocycles. The van der Waals surface area contributed by atoms with Crippen molar-refractivity contribution in [1.82, 2.24) is 0 Å². The summed E-state index contributed by atoms with van der Waals surface area (Å²) in [7, 11) is 4.25. The van der Waals surface area contributed by atoms with Crippen molar-refractivity contribution in [2.24, 2.45) is 0 Å². The lowest BCUT2D eigenvalue weighted by molar-refractivity contribution is 0.0452. The van der Waals surface area contributed by atoms with Crippen molar-refractivity contribution in [3.05, 3.63) is 42.6 Å². The van der Waals surface area contributed by atoms with Crippen LogP contribution in [0.2, 0.25) is 0 Å². The number of halogens is 1. The fraction of sp³-hybridized carbons (Fsp3) is 0.471. The molecule has 0 atom stereocenters. The second-order valence-corrected chi connectivity index (χ2v) is 4.52. The Balaban J connectivity index is 0.00000211. The van der Waals surface area contributed by atoms with Gasteiger partial charge in [0, 0.05) is 0 Å². The van der Waals surface area contributed by atoms with Crippen molar-refractivity contribution in [2.75, 3.05) is 13.2 Å². The number of unbranched alkanes of at least 4 members (excludes halogenated alkanes) is 2. The summed E-state index contributed by atoms with van der Waals surface area (Å²) in [6.07, 6.45) is 3.53. The van der Waals surface area contributed by atoms with E-state index in [-0.39, 0.29) is 11.1 Å². The molecule has 0 saturated heterocycles. The molecule has 0 unspecified atom stereocenters. The Hall–Kier alpha value is -1.91. The molecular formula is C17H22FO4. The van der Waals surface area contributed by atoms with Crippen LogP contribution in [0.4, 0.5) is 4.39 Å². The van der Waals surface area contributed by atoms with Crippen LogP contribution >= 0.6 is 0 Å². The van der Waals surface area contributed by atoms with E-state index in [0.29, 0.717) is 13.2 Å². The van der Waals surface area contributed by atoms with Gasteiger partial charge in [-0.25, -0.2) is 14.0 Å². The molecule has 1 rings (SSSR count). The fourth-order valence-electron chi connectivity index (χ4n) is 1.61. The molecule has 0 heterocycles. The number of rotatable bonds is 8. The molecule has 4 nitrogen and oxygen atoms in total. The number of carbonyl (C=O) groups is 2. The van der Waals surface area contributed by atoms with Gasteiger partial charge in [0.2, 0.25) is 7.18 Å². The zero-order valence-electron chi connectivity index (χ0n) is 13.1. The van der Waals surface area contributed by atoms with Crippen LogP contribution in [-0.2, 0) is 9.47 Å². The summed E-state index contributed by atoms with van der Waals surface area (Å²) < 4.78 is 19.0. The smallest absolute Gasteiger partial charge is 0.339 e. The van der Waals surface area contributed by atoms with E-state index in [9.17, 15) is 9.59 Å². The van der Waals surface area contributed by atoms with Crippen LogP contribution in [0.25, 0.3) is 0 Å². The highest BCUT2D eigenvalue weighted by atomic mass is 19.1. The predicted molar refractivity (Wildman–Crippen MR) is 81.2 cm³/mol. The van der Waals surface area contributed by atoms with Crippen LogP contribution in [0.3, 0.4) is 0 Å². The molecule has 0 spiro atoms. The molecule has 1 aromatic rings. The van der Waals surface area contributed by atoms with Gasteiger partial charge in [-0.15, -0.1) is 0 Å². The first kappa shape index (κ1) is 20.1. The van der Waals surface area contributed by atoms with Gasteiger partial charge >= 0.3 is 11.9 Å². The summed E-state index contributed by atoms with van der Waals surface area (Å²) in [6.45, 7) is 4.78. The maximum Gasteiger partial charge on any atom is 0.339 e. The third-order valence-corrected chi connectivity index (χ3v) is 2.83. The fourth-order valence-corrected chi connectivity index (χ4v) is 1.61. The zero-order chi connectivity index (χ0) is 16.8. The molecule has 5 heteroatoms. The first-order valence-corrected chi connectivity index (χ1v) is 7.32. The molecule has 0 aliphatic carbocycles. The summed E-state index contributed by atoms with van der Waals surface area (Å²) in [5.41, 5.74) is 0.537. The Morgan fingerprint density at radius 3 is 1.59 bits per heavy atom. The van der Waals surface area contributed by atoms with E-state index < -0.39 is 11.9 Å². The Labute approximate surface area is 131 Å². The van der Waals surface area contributed by atoms with E-state index in [4.69, 9.17) is 13.9 Å². The molecule has 0 aliphatic heterocycles. The Bertz CT molecular complexity index is 405. The number of esters is 2. The molecule has 1 aromatic carbocycles.